The van der Waals surface area contributed by atoms with Gasteiger partial charge in [0.15, 0.2) is 5.82 Å². The molecule has 7 nitrogen and oxygen atoms in total. The van der Waals surface area contributed by atoms with Crippen LogP contribution in [0.3, 0.4) is 0 Å². The fourth-order valence-corrected chi connectivity index (χ4v) is 4.93. The Kier molecular flexibility index (Phi) is 4.41. The number of hydrogen-bond donors (Lipinski definition) is 0. The van der Waals surface area contributed by atoms with Gasteiger partial charge in [0.25, 0.3) is 0 Å². The van der Waals surface area contributed by atoms with Gasteiger partial charge in [0, 0.05) is 20.7 Å². The molecule has 0 aliphatic carbocycles. The molecule has 1 aromatic rings. The van der Waals surface area contributed by atoms with Gasteiger partial charge in [0.05, 0.1) is 17.9 Å². The zero-order valence-electron chi connectivity index (χ0n) is 13.3. The first-order valence-electron chi connectivity index (χ1n) is 7.00. The van der Waals surface area contributed by atoms with Crippen LogP contribution >= 0.6 is 0 Å². The Hall–Kier alpha value is -0.990. The molecular formula is C13H24N4O3S. The number of rotatable bonds is 4. The highest BCUT2D eigenvalue weighted by atomic mass is 32.2. The number of sulfonamides is 1. The molecule has 0 radical (unpaired) electrons. The van der Waals surface area contributed by atoms with Gasteiger partial charge in [0.2, 0.25) is 10.0 Å². The van der Waals surface area contributed by atoms with E-state index in [4.69, 9.17) is 4.74 Å². The minimum Gasteiger partial charge on any atom is -0.380 e. The molecule has 2 rings (SSSR count). The Labute approximate surface area is 126 Å². The van der Waals surface area contributed by atoms with E-state index in [9.17, 15) is 8.42 Å². The summed E-state index contributed by atoms with van der Waals surface area (Å²) >= 11 is 0. The van der Waals surface area contributed by atoms with Gasteiger partial charge >= 0.3 is 0 Å². The molecule has 120 valence electrons. The third-order valence-electron chi connectivity index (χ3n) is 3.57. The SMILES string of the molecule is CO[C@@H]1C[C@@H](c2nncn2C)N(S(=O)(=O)CC(C)(C)C)C1. The molecule has 21 heavy (non-hydrogen) atoms. The maximum absolute atomic E-state index is 12.7. The van der Waals surface area contributed by atoms with Crippen molar-refractivity contribution in [3.8, 4) is 0 Å². The molecule has 0 unspecified atom stereocenters. The Morgan fingerprint density at radius 2 is 2.10 bits per heavy atom. The molecule has 8 heteroatoms. The van der Waals surface area contributed by atoms with Crippen LogP contribution < -0.4 is 0 Å². The van der Waals surface area contributed by atoms with E-state index in [0.717, 1.165) is 0 Å². The van der Waals surface area contributed by atoms with E-state index < -0.39 is 10.0 Å². The summed E-state index contributed by atoms with van der Waals surface area (Å²) in [6, 6.07) is -0.310. The van der Waals surface area contributed by atoms with E-state index in [1.54, 1.807) is 18.0 Å². The normalized spacial score (nSPS) is 24.6. The maximum atomic E-state index is 12.7. The quantitative estimate of drug-likeness (QED) is 0.826. The lowest BCUT2D eigenvalue weighted by Crippen LogP contribution is -2.38. The largest absolute Gasteiger partial charge is 0.380 e. The predicted molar refractivity (Wildman–Crippen MR) is 79.1 cm³/mol. The number of aryl methyl sites for hydroxylation is 1. The van der Waals surface area contributed by atoms with Crippen LogP contribution in [-0.2, 0) is 21.8 Å². The second-order valence-electron chi connectivity index (χ2n) is 6.80. The molecule has 1 saturated heterocycles. The molecule has 0 aromatic carbocycles. The topological polar surface area (TPSA) is 77.3 Å². The van der Waals surface area contributed by atoms with Crippen molar-refractivity contribution in [2.45, 2.75) is 39.3 Å². The van der Waals surface area contributed by atoms with Crippen molar-refractivity contribution in [3.63, 3.8) is 0 Å². The highest BCUT2D eigenvalue weighted by Crippen LogP contribution is 2.35. The first-order chi connectivity index (χ1) is 9.64. The number of hydrogen-bond acceptors (Lipinski definition) is 5. The van der Waals surface area contributed by atoms with Crippen LogP contribution in [0.25, 0.3) is 0 Å². The molecule has 1 aromatic heterocycles. The molecule has 0 saturated carbocycles. The lowest BCUT2D eigenvalue weighted by atomic mass is 10.0. The van der Waals surface area contributed by atoms with Crippen LogP contribution in [0.2, 0.25) is 0 Å². The number of nitrogens with zero attached hydrogens (tertiary/aromatic N) is 4. The molecule has 2 heterocycles. The van der Waals surface area contributed by atoms with Gasteiger partial charge in [-0.15, -0.1) is 10.2 Å². The smallest absolute Gasteiger partial charge is 0.215 e. The highest BCUT2D eigenvalue weighted by Gasteiger charge is 2.43. The molecule has 0 spiro atoms. The van der Waals surface area contributed by atoms with Crippen molar-refractivity contribution in [1.29, 1.82) is 0 Å². The standard InChI is InChI=1S/C13H24N4O3S/c1-13(2,3)8-21(18,19)17-7-10(20-5)6-11(17)12-15-14-9-16(12)4/h9-11H,6-8H2,1-5H3/t10-,11+/m1/s1. The van der Waals surface area contributed by atoms with Crippen molar-refractivity contribution >= 4 is 10.0 Å². The Bertz CT molecular complexity index is 591. The maximum Gasteiger partial charge on any atom is 0.215 e. The third-order valence-corrected chi connectivity index (χ3v) is 5.92. The summed E-state index contributed by atoms with van der Waals surface area (Å²) in [7, 11) is 0.0524. The highest BCUT2D eigenvalue weighted by molar-refractivity contribution is 7.89. The zero-order valence-corrected chi connectivity index (χ0v) is 14.1. The number of aromatic nitrogens is 3. The van der Waals surface area contributed by atoms with Crippen molar-refractivity contribution in [2.75, 3.05) is 19.4 Å². The molecule has 0 bridgehead atoms. The Morgan fingerprint density at radius 1 is 1.43 bits per heavy atom. The molecule has 1 aliphatic rings. The zero-order chi connectivity index (χ0) is 15.8. The second-order valence-corrected chi connectivity index (χ2v) is 8.72. The number of ether oxygens (including phenoxy) is 1. The van der Waals surface area contributed by atoms with Gasteiger partial charge in [-0.05, 0) is 11.8 Å². The second kappa shape index (κ2) is 5.66. The van der Waals surface area contributed by atoms with Crippen molar-refractivity contribution < 1.29 is 13.2 Å². The van der Waals surface area contributed by atoms with E-state index in [2.05, 4.69) is 10.2 Å². The summed E-state index contributed by atoms with van der Waals surface area (Å²) in [6.07, 6.45) is 2.08. The summed E-state index contributed by atoms with van der Waals surface area (Å²) in [6.45, 7) is 6.13. The van der Waals surface area contributed by atoms with Crippen molar-refractivity contribution in [3.05, 3.63) is 12.2 Å². The molecule has 1 fully saturated rings. The van der Waals surface area contributed by atoms with Crippen LogP contribution in [0.1, 0.15) is 39.1 Å². The van der Waals surface area contributed by atoms with E-state index >= 15 is 0 Å². The van der Waals surface area contributed by atoms with Crippen molar-refractivity contribution in [2.24, 2.45) is 12.5 Å². The predicted octanol–water partition coefficient (Wildman–Crippen LogP) is 0.953. The van der Waals surface area contributed by atoms with Gasteiger partial charge in [-0.2, -0.15) is 4.31 Å². The molecule has 0 amide bonds. The average Bonchev–Trinajstić information content (AvgIpc) is 2.91. The van der Waals surface area contributed by atoms with Gasteiger partial charge in [-0.3, -0.25) is 0 Å². The molecular weight excluding hydrogens is 292 g/mol. The molecule has 0 N–H and O–H groups in total. The summed E-state index contributed by atoms with van der Waals surface area (Å²) in [5.41, 5.74) is -0.297. The summed E-state index contributed by atoms with van der Waals surface area (Å²) < 4.78 is 34.1. The van der Waals surface area contributed by atoms with Crippen LogP contribution in [0, 0.1) is 5.41 Å². The minimum atomic E-state index is -3.38. The third kappa shape index (κ3) is 3.61. The van der Waals surface area contributed by atoms with E-state index in [0.29, 0.717) is 18.8 Å². The van der Waals surface area contributed by atoms with E-state index in [1.165, 1.54) is 4.31 Å². The first kappa shape index (κ1) is 16.4. The van der Waals surface area contributed by atoms with Crippen LogP contribution in [0.5, 0.6) is 0 Å². The monoisotopic (exact) mass is 316 g/mol. The van der Waals surface area contributed by atoms with Gasteiger partial charge < -0.3 is 9.30 Å². The minimum absolute atomic E-state index is 0.102. The van der Waals surface area contributed by atoms with E-state index in [-0.39, 0.29) is 23.3 Å². The summed E-state index contributed by atoms with van der Waals surface area (Å²) in [5.74, 6) is 0.761. The fraction of sp³-hybridized carbons (Fsp3) is 0.846. The van der Waals surface area contributed by atoms with Crippen LogP contribution in [-0.4, -0.2) is 53.0 Å². The molecule has 1 aliphatic heterocycles. The lowest BCUT2D eigenvalue weighted by molar-refractivity contribution is 0.114. The van der Waals surface area contributed by atoms with Gasteiger partial charge in [-0.25, -0.2) is 8.42 Å². The summed E-state index contributed by atoms with van der Waals surface area (Å²) in [5, 5.41) is 7.94. The van der Waals surface area contributed by atoms with Crippen molar-refractivity contribution in [1.82, 2.24) is 19.1 Å². The van der Waals surface area contributed by atoms with Crippen LogP contribution in [0.4, 0.5) is 0 Å². The fourth-order valence-electron chi connectivity index (χ4n) is 2.71. The van der Waals surface area contributed by atoms with Gasteiger partial charge in [0.1, 0.15) is 6.33 Å². The summed E-state index contributed by atoms with van der Waals surface area (Å²) in [4.78, 5) is 0. The average molecular weight is 316 g/mol. The Morgan fingerprint density at radius 3 is 2.57 bits per heavy atom. The first-order valence-corrected chi connectivity index (χ1v) is 8.61. The Balaban J connectivity index is 2.33. The number of methoxy groups -OCH3 is 1. The lowest BCUT2D eigenvalue weighted by Gasteiger charge is -2.27. The van der Waals surface area contributed by atoms with Crippen LogP contribution in [0.15, 0.2) is 6.33 Å². The van der Waals surface area contributed by atoms with E-state index in [1.807, 2.05) is 27.8 Å². The molecule has 2 atom stereocenters. The van der Waals surface area contributed by atoms with Gasteiger partial charge in [-0.1, -0.05) is 20.8 Å².